The van der Waals surface area contributed by atoms with E-state index >= 15 is 0 Å². The average molecular weight is 172 g/mol. The van der Waals surface area contributed by atoms with Crippen molar-refractivity contribution in [2.45, 2.75) is 33.1 Å². The van der Waals surface area contributed by atoms with E-state index < -0.39 is 0 Å². The van der Waals surface area contributed by atoms with Crippen molar-refractivity contribution >= 4 is 0 Å². The predicted octanol–water partition coefficient (Wildman–Crippen LogP) is 3.43. The summed E-state index contributed by atoms with van der Waals surface area (Å²) in [5.74, 6) is 3.11. The summed E-state index contributed by atoms with van der Waals surface area (Å²) >= 11 is 0. The van der Waals surface area contributed by atoms with E-state index in [1.54, 1.807) is 0 Å². The summed E-state index contributed by atoms with van der Waals surface area (Å²) in [7, 11) is 0. The molecule has 1 unspecified atom stereocenters. The van der Waals surface area contributed by atoms with Crippen molar-refractivity contribution in [1.29, 1.82) is 0 Å². The zero-order valence-electron chi connectivity index (χ0n) is 8.59. The number of hydrogen-bond donors (Lipinski definition) is 0. The number of benzene rings is 1. The average Bonchev–Trinajstić information content (AvgIpc) is 2.14. The van der Waals surface area contributed by atoms with Crippen molar-refractivity contribution < 1.29 is 0 Å². The molecule has 0 saturated carbocycles. The maximum atomic E-state index is 5.48. The normalized spacial score (nSPS) is 12.2. The molecule has 1 atom stereocenters. The third kappa shape index (κ3) is 1.92. The minimum Gasteiger partial charge on any atom is -0.119 e. The smallest absolute Gasteiger partial charge is 0.0449 e. The third-order valence-corrected chi connectivity index (χ3v) is 2.63. The monoisotopic (exact) mass is 172 g/mol. The molecule has 1 aromatic rings. The van der Waals surface area contributed by atoms with Gasteiger partial charge in [0.05, 0.1) is 0 Å². The molecule has 0 saturated heterocycles. The van der Waals surface area contributed by atoms with Crippen LogP contribution < -0.4 is 0 Å². The van der Waals surface area contributed by atoms with E-state index in [-0.39, 0.29) is 5.92 Å². The van der Waals surface area contributed by atoms with Crippen LogP contribution in [0.1, 0.15) is 36.0 Å². The van der Waals surface area contributed by atoms with Crippen molar-refractivity contribution in [3.05, 3.63) is 34.9 Å². The van der Waals surface area contributed by atoms with E-state index in [9.17, 15) is 0 Å². The fourth-order valence-corrected chi connectivity index (χ4v) is 1.58. The summed E-state index contributed by atoms with van der Waals surface area (Å²) in [5.41, 5.74) is 3.98. The van der Waals surface area contributed by atoms with Crippen molar-refractivity contribution in [2.75, 3.05) is 0 Å². The Bertz CT molecular complexity index is 328. The standard InChI is InChI=1S/C13H16/c1-5-12(6-2)13-9-7-8-10(3)11(13)4/h1,7-9,12H,6H2,2-4H3. The highest BCUT2D eigenvalue weighted by atomic mass is 14.1. The van der Waals surface area contributed by atoms with Gasteiger partial charge in [0.25, 0.3) is 0 Å². The molecule has 0 aliphatic rings. The molecule has 0 spiro atoms. The Morgan fingerprint density at radius 1 is 1.38 bits per heavy atom. The van der Waals surface area contributed by atoms with Gasteiger partial charge in [-0.3, -0.25) is 0 Å². The van der Waals surface area contributed by atoms with Gasteiger partial charge in [-0.1, -0.05) is 31.0 Å². The Hall–Kier alpha value is -1.22. The summed E-state index contributed by atoms with van der Waals surface area (Å²) in [5, 5.41) is 0. The molecule has 1 aromatic carbocycles. The van der Waals surface area contributed by atoms with E-state index in [0.29, 0.717) is 0 Å². The van der Waals surface area contributed by atoms with Crippen LogP contribution in [0.15, 0.2) is 18.2 Å². The number of terminal acetylenes is 1. The Kier molecular flexibility index (Phi) is 3.14. The SMILES string of the molecule is C#CC(CC)c1cccc(C)c1C. The van der Waals surface area contributed by atoms with Crippen molar-refractivity contribution in [3.63, 3.8) is 0 Å². The van der Waals surface area contributed by atoms with Gasteiger partial charge in [0.15, 0.2) is 0 Å². The molecule has 68 valence electrons. The lowest BCUT2D eigenvalue weighted by molar-refractivity contribution is 0.822. The highest BCUT2D eigenvalue weighted by Gasteiger charge is 2.08. The van der Waals surface area contributed by atoms with Crippen LogP contribution in [0, 0.1) is 26.2 Å². The van der Waals surface area contributed by atoms with Gasteiger partial charge in [0.2, 0.25) is 0 Å². The van der Waals surface area contributed by atoms with Gasteiger partial charge in [-0.25, -0.2) is 0 Å². The first-order valence-electron chi connectivity index (χ1n) is 4.73. The first-order chi connectivity index (χ1) is 6.20. The molecule has 0 radical (unpaired) electrons. The lowest BCUT2D eigenvalue weighted by atomic mass is 9.91. The van der Waals surface area contributed by atoms with Gasteiger partial charge in [0, 0.05) is 5.92 Å². The Labute approximate surface area is 81.0 Å². The van der Waals surface area contributed by atoms with Crippen molar-refractivity contribution in [1.82, 2.24) is 0 Å². The van der Waals surface area contributed by atoms with Crippen LogP contribution in [0.5, 0.6) is 0 Å². The van der Waals surface area contributed by atoms with Crippen LogP contribution in [0.3, 0.4) is 0 Å². The molecule has 0 aliphatic heterocycles. The summed E-state index contributed by atoms with van der Waals surface area (Å²) in [6.45, 7) is 6.40. The van der Waals surface area contributed by atoms with E-state index in [1.807, 2.05) is 0 Å². The maximum Gasteiger partial charge on any atom is 0.0449 e. The second-order valence-electron chi connectivity index (χ2n) is 3.42. The van der Waals surface area contributed by atoms with E-state index in [2.05, 4.69) is 44.9 Å². The largest absolute Gasteiger partial charge is 0.119 e. The zero-order chi connectivity index (χ0) is 9.84. The van der Waals surface area contributed by atoms with Crippen LogP contribution in [-0.4, -0.2) is 0 Å². The van der Waals surface area contributed by atoms with Crippen molar-refractivity contribution in [2.24, 2.45) is 0 Å². The molecule has 0 heteroatoms. The lowest BCUT2D eigenvalue weighted by Gasteiger charge is -2.13. The predicted molar refractivity (Wildman–Crippen MR) is 57.8 cm³/mol. The zero-order valence-corrected chi connectivity index (χ0v) is 8.59. The number of aryl methyl sites for hydroxylation is 1. The van der Waals surface area contributed by atoms with Crippen LogP contribution >= 0.6 is 0 Å². The van der Waals surface area contributed by atoms with Crippen molar-refractivity contribution in [3.8, 4) is 12.3 Å². The molecule has 0 aliphatic carbocycles. The minimum absolute atomic E-state index is 0.278. The molecule has 0 nitrogen and oxygen atoms in total. The fourth-order valence-electron chi connectivity index (χ4n) is 1.58. The molecule has 0 amide bonds. The summed E-state index contributed by atoms with van der Waals surface area (Å²) < 4.78 is 0. The molecule has 0 heterocycles. The summed E-state index contributed by atoms with van der Waals surface area (Å²) in [4.78, 5) is 0. The van der Waals surface area contributed by atoms with Gasteiger partial charge >= 0.3 is 0 Å². The Morgan fingerprint density at radius 3 is 2.62 bits per heavy atom. The van der Waals surface area contributed by atoms with E-state index in [4.69, 9.17) is 6.42 Å². The molecule has 1 rings (SSSR count). The van der Waals surface area contributed by atoms with Gasteiger partial charge in [0.1, 0.15) is 0 Å². The Balaban J connectivity index is 3.15. The molecular formula is C13H16. The highest BCUT2D eigenvalue weighted by Crippen LogP contribution is 2.23. The quantitative estimate of drug-likeness (QED) is 0.599. The third-order valence-electron chi connectivity index (χ3n) is 2.63. The number of hydrogen-bond acceptors (Lipinski definition) is 0. The van der Waals surface area contributed by atoms with Crippen LogP contribution in [0.25, 0.3) is 0 Å². The van der Waals surface area contributed by atoms with E-state index in [0.717, 1.165) is 6.42 Å². The fraction of sp³-hybridized carbons (Fsp3) is 0.385. The van der Waals surface area contributed by atoms with Gasteiger partial charge in [-0.2, -0.15) is 0 Å². The molecular weight excluding hydrogens is 156 g/mol. The molecule has 13 heavy (non-hydrogen) atoms. The van der Waals surface area contributed by atoms with E-state index in [1.165, 1.54) is 16.7 Å². The van der Waals surface area contributed by atoms with Crippen LogP contribution in [0.2, 0.25) is 0 Å². The maximum absolute atomic E-state index is 5.48. The molecule has 0 bridgehead atoms. The topological polar surface area (TPSA) is 0 Å². The van der Waals surface area contributed by atoms with Crippen LogP contribution in [0.4, 0.5) is 0 Å². The first kappa shape index (κ1) is 9.86. The summed E-state index contributed by atoms with van der Waals surface area (Å²) in [6, 6.07) is 6.34. The summed E-state index contributed by atoms with van der Waals surface area (Å²) in [6.07, 6.45) is 6.50. The lowest BCUT2D eigenvalue weighted by Crippen LogP contribution is -1.98. The van der Waals surface area contributed by atoms with Gasteiger partial charge < -0.3 is 0 Å². The first-order valence-corrected chi connectivity index (χ1v) is 4.73. The minimum atomic E-state index is 0.278. The Morgan fingerprint density at radius 2 is 2.08 bits per heavy atom. The van der Waals surface area contributed by atoms with Crippen LogP contribution in [-0.2, 0) is 0 Å². The van der Waals surface area contributed by atoms with Gasteiger partial charge in [-0.15, -0.1) is 6.42 Å². The number of rotatable bonds is 2. The molecule has 0 aromatic heterocycles. The molecule has 0 fully saturated rings. The molecule has 0 N–H and O–H groups in total. The van der Waals surface area contributed by atoms with Gasteiger partial charge in [-0.05, 0) is 37.0 Å². The highest BCUT2D eigenvalue weighted by molar-refractivity contribution is 5.38. The second kappa shape index (κ2) is 4.14. The second-order valence-corrected chi connectivity index (χ2v) is 3.42.